The molecule has 0 amide bonds. The first-order chi connectivity index (χ1) is 23.0. The van der Waals surface area contributed by atoms with Gasteiger partial charge in [0.25, 0.3) is 20.2 Å². The Kier molecular flexibility index (Phi) is 9.35. The molecule has 1 aliphatic carbocycles. The summed E-state index contributed by atoms with van der Waals surface area (Å²) in [7, 11) is -8.02. The summed E-state index contributed by atoms with van der Waals surface area (Å²) in [6, 6.07) is 33.7. The van der Waals surface area contributed by atoms with Gasteiger partial charge in [-0.05, 0) is 53.9 Å². The molecule has 2 aliphatic rings. The minimum Gasteiger partial charge on any atom is -0.657 e. The Labute approximate surface area is 303 Å². The SMILES string of the molecule is COc1cccc(N=c2cc3n(-c4ccccc4)c4cc([N-]c5ccccc5)c5c(S(=O)(=O)O)cccc5c4nc-3cc2S(=O)(=O)O)c1.[Na]. The molecule has 11 nitrogen and oxygen atoms in total. The van der Waals surface area contributed by atoms with E-state index in [4.69, 9.17) is 15.0 Å². The number of hydrogen-bond acceptors (Lipinski definition) is 7. The third-order valence-corrected chi connectivity index (χ3v) is 9.48. The normalized spacial score (nSPS) is 12.3. The van der Waals surface area contributed by atoms with E-state index in [-0.39, 0.29) is 62.1 Å². The fourth-order valence-corrected chi connectivity index (χ4v) is 7.02. The first-order valence-electron chi connectivity index (χ1n) is 14.4. The van der Waals surface area contributed by atoms with Gasteiger partial charge in [0.1, 0.15) is 15.5 Å². The Hall–Kier alpha value is -4.60. The maximum absolute atomic E-state index is 12.7. The molecule has 1 radical (unpaired) electrons. The molecule has 2 N–H and O–H groups in total. The molecule has 0 saturated heterocycles. The van der Waals surface area contributed by atoms with Crippen molar-refractivity contribution >= 4 is 88.7 Å². The Morgan fingerprint density at radius 2 is 1.43 bits per heavy atom. The standard InChI is InChI=1S/C35H25N4O7S2.Na/c1-46-25-15-8-12-23(18-25)37-28-19-30-27(21-33(28)48(43,44)45)38-35-26-16-9-17-32(47(40,41)42)34(26)29(36-22-10-4-2-5-11-22)20-31(35)39(30)24-13-6-3-7-14-24;/h2-21H,1H3,(H,40,41,42)(H,43,44,45);/q-1;. The maximum atomic E-state index is 12.7. The number of ether oxygens (including phenoxy) is 1. The predicted molar refractivity (Wildman–Crippen MR) is 188 cm³/mol. The average molecular weight is 701 g/mol. The van der Waals surface area contributed by atoms with Crippen LogP contribution in [0.25, 0.3) is 44.2 Å². The second-order valence-corrected chi connectivity index (χ2v) is 13.5. The van der Waals surface area contributed by atoms with Crippen LogP contribution in [0, 0.1) is 0 Å². The fourth-order valence-electron chi connectivity index (χ4n) is 5.67. The largest absolute Gasteiger partial charge is 0.657 e. The van der Waals surface area contributed by atoms with Gasteiger partial charge in [0.2, 0.25) is 0 Å². The van der Waals surface area contributed by atoms with Crippen LogP contribution in [0.3, 0.4) is 0 Å². The molecule has 0 atom stereocenters. The second kappa shape index (κ2) is 13.4. The van der Waals surface area contributed by atoms with Crippen LogP contribution in [0.2, 0.25) is 0 Å². The van der Waals surface area contributed by atoms with E-state index in [1.165, 1.54) is 31.4 Å². The minimum absolute atomic E-state index is 0. The molecular weight excluding hydrogens is 676 g/mol. The molecule has 1 aliphatic heterocycles. The van der Waals surface area contributed by atoms with Crippen molar-refractivity contribution in [3.63, 3.8) is 0 Å². The summed E-state index contributed by atoms with van der Waals surface area (Å²) < 4.78 is 78.5. The zero-order valence-corrected chi connectivity index (χ0v) is 29.7. The second-order valence-electron chi connectivity index (χ2n) is 10.7. The number of rotatable bonds is 7. The van der Waals surface area contributed by atoms with Crippen molar-refractivity contribution in [2.75, 3.05) is 7.11 Å². The summed E-state index contributed by atoms with van der Waals surface area (Å²) in [6.45, 7) is 0. The van der Waals surface area contributed by atoms with Crippen LogP contribution in [-0.4, -0.2) is 72.2 Å². The van der Waals surface area contributed by atoms with E-state index in [9.17, 15) is 25.9 Å². The van der Waals surface area contributed by atoms with E-state index in [2.05, 4.69) is 4.99 Å². The van der Waals surface area contributed by atoms with E-state index in [0.29, 0.717) is 39.4 Å². The van der Waals surface area contributed by atoms with Crippen molar-refractivity contribution in [2.45, 2.75) is 9.79 Å². The molecule has 1 heterocycles. The molecule has 14 heteroatoms. The van der Waals surface area contributed by atoms with Crippen molar-refractivity contribution in [1.29, 1.82) is 0 Å². The van der Waals surface area contributed by atoms with Crippen molar-refractivity contribution in [2.24, 2.45) is 4.99 Å². The third kappa shape index (κ3) is 6.70. The zero-order chi connectivity index (χ0) is 33.6. The summed E-state index contributed by atoms with van der Waals surface area (Å²) in [5, 5.41) is 5.20. The monoisotopic (exact) mass is 700 g/mol. The van der Waals surface area contributed by atoms with Crippen LogP contribution in [0.4, 0.5) is 17.1 Å². The minimum atomic E-state index is -4.80. The van der Waals surface area contributed by atoms with Crippen LogP contribution in [0.1, 0.15) is 0 Å². The average Bonchev–Trinajstić information content (AvgIpc) is 3.07. The third-order valence-electron chi connectivity index (χ3n) is 7.70. The number of fused-ring (bicyclic) bond motifs is 4. The molecule has 0 bridgehead atoms. The molecule has 241 valence electrons. The molecular formula is C35H25N4NaO7S2-. The number of nitrogens with zero attached hydrogens (tertiary/aromatic N) is 4. The Balaban J connectivity index is 0.00000417. The topological polar surface area (TPSA) is 162 Å². The van der Waals surface area contributed by atoms with Gasteiger partial charge in [0, 0.05) is 46.7 Å². The summed E-state index contributed by atoms with van der Waals surface area (Å²) in [5.74, 6) is 0.503. The molecule has 0 aromatic heterocycles. The van der Waals surface area contributed by atoms with Crippen LogP contribution >= 0.6 is 0 Å². The fraction of sp³-hybridized carbons (Fsp3) is 0.0286. The molecule has 0 spiro atoms. The first-order valence-corrected chi connectivity index (χ1v) is 17.3. The summed E-state index contributed by atoms with van der Waals surface area (Å²) in [6.07, 6.45) is 0. The predicted octanol–water partition coefficient (Wildman–Crippen LogP) is 6.97. The number of benzene rings is 6. The summed E-state index contributed by atoms with van der Waals surface area (Å²) >= 11 is 0. The van der Waals surface area contributed by atoms with Crippen molar-refractivity contribution in [3.8, 4) is 22.8 Å². The zero-order valence-electron chi connectivity index (χ0n) is 26.1. The Bertz CT molecular complexity index is 2630. The quantitative estimate of drug-likeness (QED) is 0.0779. The van der Waals surface area contributed by atoms with Gasteiger partial charge < -0.3 is 14.6 Å². The van der Waals surface area contributed by atoms with Gasteiger partial charge in [0.05, 0.1) is 40.6 Å². The van der Waals surface area contributed by atoms with Gasteiger partial charge in [-0.3, -0.25) is 9.11 Å². The van der Waals surface area contributed by atoms with E-state index in [0.717, 1.165) is 0 Å². The maximum Gasteiger partial charge on any atom is 0.296 e. The van der Waals surface area contributed by atoms with Crippen LogP contribution < -0.4 is 10.1 Å². The number of para-hydroxylation sites is 2. The molecule has 0 saturated carbocycles. The van der Waals surface area contributed by atoms with Crippen LogP contribution in [0.15, 0.2) is 136 Å². The van der Waals surface area contributed by atoms with E-state index in [1.54, 1.807) is 60.7 Å². The smallest absolute Gasteiger partial charge is 0.296 e. The number of hydrogen-bond donors (Lipinski definition) is 2. The summed E-state index contributed by atoms with van der Waals surface area (Å²) in [4.78, 5) is 8.56. The summed E-state index contributed by atoms with van der Waals surface area (Å²) in [5.41, 5.74) is 3.21. The van der Waals surface area contributed by atoms with Gasteiger partial charge in [-0.2, -0.15) is 16.8 Å². The molecule has 49 heavy (non-hydrogen) atoms. The molecule has 0 fully saturated rings. The van der Waals surface area contributed by atoms with Crippen molar-refractivity contribution in [3.05, 3.63) is 132 Å². The molecule has 7 rings (SSSR count). The van der Waals surface area contributed by atoms with E-state index < -0.39 is 25.1 Å². The molecule has 5 aromatic rings. The van der Waals surface area contributed by atoms with Gasteiger partial charge in [-0.25, -0.2) is 9.98 Å². The van der Waals surface area contributed by atoms with Crippen molar-refractivity contribution < 1.29 is 30.7 Å². The Morgan fingerprint density at radius 1 is 0.755 bits per heavy atom. The van der Waals surface area contributed by atoms with Gasteiger partial charge >= 0.3 is 0 Å². The Morgan fingerprint density at radius 3 is 2.10 bits per heavy atom. The van der Waals surface area contributed by atoms with Crippen molar-refractivity contribution in [1.82, 2.24) is 9.55 Å². The van der Waals surface area contributed by atoms with Crippen LogP contribution in [0.5, 0.6) is 5.75 Å². The van der Waals surface area contributed by atoms with Crippen LogP contribution in [-0.2, 0) is 20.2 Å². The van der Waals surface area contributed by atoms with E-state index >= 15 is 0 Å². The van der Waals surface area contributed by atoms with Gasteiger partial charge in [0.15, 0.2) is 0 Å². The number of aromatic nitrogens is 2. The molecule has 0 unspecified atom stereocenters. The molecule has 5 aromatic carbocycles. The van der Waals surface area contributed by atoms with Gasteiger partial charge in [-0.1, -0.05) is 66.7 Å². The van der Waals surface area contributed by atoms with Gasteiger partial charge in [-0.15, -0.1) is 11.4 Å². The van der Waals surface area contributed by atoms with E-state index in [1.807, 2.05) is 41.0 Å². The number of methoxy groups -OCH3 is 1. The first kappa shape index (κ1) is 34.3.